The van der Waals surface area contributed by atoms with E-state index in [4.69, 9.17) is 4.98 Å². The maximum absolute atomic E-state index is 9.55. The van der Waals surface area contributed by atoms with Crippen molar-refractivity contribution in [3.05, 3.63) is 78.5 Å². The number of aryl methyl sites for hydroxylation is 1. The molecule has 24 heavy (non-hydrogen) atoms. The SMILES string of the molecule is Cc1cccc2nc(-c3ccc(O)cc3)c(Nc3ccccc3)n12. The fourth-order valence-electron chi connectivity index (χ4n) is 2.85. The van der Waals surface area contributed by atoms with Gasteiger partial charge in [-0.3, -0.25) is 4.40 Å². The molecule has 0 saturated heterocycles. The van der Waals surface area contributed by atoms with Gasteiger partial charge in [-0.2, -0.15) is 0 Å². The molecule has 4 rings (SSSR count). The molecular weight excluding hydrogens is 298 g/mol. The average molecular weight is 315 g/mol. The number of phenolic OH excluding ortho intramolecular Hbond substituents is 1. The molecule has 0 amide bonds. The Morgan fingerprint density at radius 2 is 1.62 bits per heavy atom. The van der Waals surface area contributed by atoms with Gasteiger partial charge in [-0.05, 0) is 55.5 Å². The third-order valence-electron chi connectivity index (χ3n) is 4.02. The van der Waals surface area contributed by atoms with E-state index in [1.165, 1.54) is 0 Å². The minimum atomic E-state index is 0.247. The highest BCUT2D eigenvalue weighted by atomic mass is 16.3. The van der Waals surface area contributed by atoms with Gasteiger partial charge in [0, 0.05) is 16.9 Å². The third kappa shape index (κ3) is 2.48. The lowest BCUT2D eigenvalue weighted by Gasteiger charge is -2.10. The number of hydrogen-bond donors (Lipinski definition) is 2. The first-order valence-corrected chi connectivity index (χ1v) is 7.82. The molecule has 2 N–H and O–H groups in total. The van der Waals surface area contributed by atoms with Gasteiger partial charge in [0.1, 0.15) is 22.9 Å². The Labute approximate surface area is 140 Å². The molecule has 0 atom stereocenters. The number of nitrogens with zero attached hydrogens (tertiary/aromatic N) is 2. The number of aromatic hydroxyl groups is 1. The number of rotatable bonds is 3. The molecule has 0 spiro atoms. The zero-order valence-electron chi connectivity index (χ0n) is 13.3. The lowest BCUT2D eigenvalue weighted by atomic mass is 10.1. The molecule has 0 aliphatic heterocycles. The van der Waals surface area contributed by atoms with Gasteiger partial charge < -0.3 is 10.4 Å². The Morgan fingerprint density at radius 1 is 0.875 bits per heavy atom. The van der Waals surface area contributed by atoms with Crippen molar-refractivity contribution in [1.29, 1.82) is 0 Å². The van der Waals surface area contributed by atoms with Crippen molar-refractivity contribution >= 4 is 17.2 Å². The molecule has 0 fully saturated rings. The zero-order valence-corrected chi connectivity index (χ0v) is 13.3. The van der Waals surface area contributed by atoms with Crippen LogP contribution in [0.2, 0.25) is 0 Å². The predicted molar refractivity (Wildman–Crippen MR) is 96.8 cm³/mol. The topological polar surface area (TPSA) is 49.6 Å². The van der Waals surface area contributed by atoms with Gasteiger partial charge in [-0.1, -0.05) is 24.3 Å². The molecule has 0 aliphatic carbocycles. The van der Waals surface area contributed by atoms with Crippen LogP contribution >= 0.6 is 0 Å². The van der Waals surface area contributed by atoms with Gasteiger partial charge in [0.05, 0.1) is 0 Å². The highest BCUT2D eigenvalue weighted by Crippen LogP contribution is 2.32. The Bertz CT molecular complexity index is 989. The van der Waals surface area contributed by atoms with E-state index in [-0.39, 0.29) is 5.75 Å². The van der Waals surface area contributed by atoms with E-state index in [0.29, 0.717) is 0 Å². The van der Waals surface area contributed by atoms with E-state index >= 15 is 0 Å². The van der Waals surface area contributed by atoms with Gasteiger partial charge in [-0.15, -0.1) is 0 Å². The number of aromatic nitrogens is 2. The first kappa shape index (κ1) is 14.3. The van der Waals surface area contributed by atoms with Gasteiger partial charge in [0.2, 0.25) is 0 Å². The fourth-order valence-corrected chi connectivity index (χ4v) is 2.85. The summed E-state index contributed by atoms with van der Waals surface area (Å²) < 4.78 is 2.11. The number of phenols is 1. The molecule has 0 saturated carbocycles. The quantitative estimate of drug-likeness (QED) is 0.573. The van der Waals surface area contributed by atoms with Crippen molar-refractivity contribution in [2.24, 2.45) is 0 Å². The van der Waals surface area contributed by atoms with Crippen molar-refractivity contribution in [1.82, 2.24) is 9.38 Å². The smallest absolute Gasteiger partial charge is 0.143 e. The molecule has 4 nitrogen and oxygen atoms in total. The van der Waals surface area contributed by atoms with E-state index in [9.17, 15) is 5.11 Å². The second-order valence-electron chi connectivity index (χ2n) is 5.71. The maximum atomic E-state index is 9.55. The highest BCUT2D eigenvalue weighted by molar-refractivity contribution is 5.80. The van der Waals surface area contributed by atoms with Crippen LogP contribution in [0.3, 0.4) is 0 Å². The predicted octanol–water partition coefficient (Wildman–Crippen LogP) is 4.76. The normalized spacial score (nSPS) is 10.9. The van der Waals surface area contributed by atoms with E-state index in [1.54, 1.807) is 12.1 Å². The van der Waals surface area contributed by atoms with Crippen molar-refractivity contribution in [2.75, 3.05) is 5.32 Å². The summed E-state index contributed by atoms with van der Waals surface area (Å²) in [4.78, 5) is 4.79. The number of imidazole rings is 1. The fraction of sp³-hybridized carbons (Fsp3) is 0.0500. The van der Waals surface area contributed by atoms with Crippen LogP contribution in [0.5, 0.6) is 5.75 Å². The number of anilines is 2. The molecule has 2 heterocycles. The maximum Gasteiger partial charge on any atom is 0.143 e. The van der Waals surface area contributed by atoms with Crippen LogP contribution in [0.1, 0.15) is 5.69 Å². The van der Waals surface area contributed by atoms with Crippen LogP contribution in [0, 0.1) is 6.92 Å². The Kier molecular flexibility index (Phi) is 3.43. The molecule has 4 heteroatoms. The van der Waals surface area contributed by atoms with Gasteiger partial charge >= 0.3 is 0 Å². The lowest BCUT2D eigenvalue weighted by Crippen LogP contribution is -1.99. The van der Waals surface area contributed by atoms with Gasteiger partial charge in [-0.25, -0.2) is 4.98 Å². The standard InChI is InChI=1S/C20H17N3O/c1-14-6-5-9-18-22-19(15-10-12-17(24)13-11-15)20(23(14)18)21-16-7-3-2-4-8-16/h2-13,21,24H,1H3. The Hall–Kier alpha value is -3.27. The van der Waals surface area contributed by atoms with Crippen LogP contribution in [0.15, 0.2) is 72.8 Å². The summed E-state index contributed by atoms with van der Waals surface area (Å²) in [5, 5.41) is 13.0. The largest absolute Gasteiger partial charge is 0.508 e. The van der Waals surface area contributed by atoms with Crippen molar-refractivity contribution in [3.8, 4) is 17.0 Å². The summed E-state index contributed by atoms with van der Waals surface area (Å²) in [6.45, 7) is 2.06. The number of fused-ring (bicyclic) bond motifs is 1. The van der Waals surface area contributed by atoms with Crippen LogP contribution in [0.25, 0.3) is 16.9 Å². The lowest BCUT2D eigenvalue weighted by molar-refractivity contribution is 0.475. The molecule has 0 radical (unpaired) electrons. The first-order valence-electron chi connectivity index (χ1n) is 7.82. The number of pyridine rings is 1. The molecule has 0 unspecified atom stereocenters. The third-order valence-corrected chi connectivity index (χ3v) is 4.02. The first-order chi connectivity index (χ1) is 11.7. The van der Waals surface area contributed by atoms with Gasteiger partial charge in [0.25, 0.3) is 0 Å². The highest BCUT2D eigenvalue weighted by Gasteiger charge is 2.15. The number of hydrogen-bond acceptors (Lipinski definition) is 3. The molecule has 2 aromatic heterocycles. The zero-order chi connectivity index (χ0) is 16.5. The minimum absolute atomic E-state index is 0.247. The van der Waals surface area contributed by atoms with E-state index in [1.807, 2.05) is 54.6 Å². The number of nitrogens with one attached hydrogen (secondary N) is 1. The molecule has 0 aliphatic rings. The van der Waals surface area contributed by atoms with Gasteiger partial charge in [0.15, 0.2) is 0 Å². The molecule has 118 valence electrons. The second-order valence-corrected chi connectivity index (χ2v) is 5.71. The monoisotopic (exact) mass is 315 g/mol. The van der Waals surface area contributed by atoms with Crippen molar-refractivity contribution < 1.29 is 5.11 Å². The van der Waals surface area contributed by atoms with E-state index in [0.717, 1.165) is 34.1 Å². The van der Waals surface area contributed by atoms with Crippen LogP contribution in [-0.2, 0) is 0 Å². The Balaban J connectivity index is 1.94. The summed E-state index contributed by atoms with van der Waals surface area (Å²) in [5.41, 5.74) is 4.80. The van der Waals surface area contributed by atoms with Crippen molar-refractivity contribution in [2.45, 2.75) is 6.92 Å². The molecule has 2 aromatic carbocycles. The summed E-state index contributed by atoms with van der Waals surface area (Å²) >= 11 is 0. The van der Waals surface area contributed by atoms with E-state index in [2.05, 4.69) is 22.7 Å². The van der Waals surface area contributed by atoms with Crippen LogP contribution < -0.4 is 5.32 Å². The molecule has 4 aromatic rings. The summed E-state index contributed by atoms with van der Waals surface area (Å²) in [7, 11) is 0. The number of benzene rings is 2. The van der Waals surface area contributed by atoms with E-state index < -0.39 is 0 Å². The minimum Gasteiger partial charge on any atom is -0.508 e. The second kappa shape index (κ2) is 5.74. The van der Waals surface area contributed by atoms with Crippen LogP contribution in [-0.4, -0.2) is 14.5 Å². The molecular formula is C20H17N3O. The summed E-state index contributed by atoms with van der Waals surface area (Å²) in [5.74, 6) is 1.16. The summed E-state index contributed by atoms with van der Waals surface area (Å²) in [6.07, 6.45) is 0. The average Bonchev–Trinajstić information content (AvgIpc) is 2.96. The Morgan fingerprint density at radius 3 is 2.38 bits per heavy atom. The van der Waals surface area contributed by atoms with Crippen molar-refractivity contribution in [3.63, 3.8) is 0 Å². The van der Waals surface area contributed by atoms with Crippen LogP contribution in [0.4, 0.5) is 11.5 Å². The molecule has 0 bridgehead atoms. The number of para-hydroxylation sites is 1. The summed E-state index contributed by atoms with van der Waals surface area (Å²) in [6, 6.07) is 23.2.